The highest BCUT2D eigenvalue weighted by atomic mass is 16.1. The van der Waals surface area contributed by atoms with Gasteiger partial charge >= 0.3 is 0 Å². The van der Waals surface area contributed by atoms with Crippen molar-refractivity contribution in [3.63, 3.8) is 0 Å². The van der Waals surface area contributed by atoms with Crippen LogP contribution in [0.4, 0.5) is 5.69 Å². The van der Waals surface area contributed by atoms with Crippen LogP contribution in [0.3, 0.4) is 0 Å². The van der Waals surface area contributed by atoms with Gasteiger partial charge in [0.05, 0.1) is 11.9 Å². The number of benzene rings is 1. The normalized spacial score (nSPS) is 10.8. The van der Waals surface area contributed by atoms with E-state index in [0.29, 0.717) is 5.69 Å². The first kappa shape index (κ1) is 15.0. The van der Waals surface area contributed by atoms with Gasteiger partial charge in [-0.2, -0.15) is 0 Å². The Morgan fingerprint density at radius 2 is 2.08 bits per heavy atom. The fourth-order valence-electron chi connectivity index (χ4n) is 2.66. The van der Waals surface area contributed by atoms with Crippen molar-refractivity contribution in [2.24, 2.45) is 0 Å². The Bertz CT molecular complexity index is 1060. The second-order valence-electron chi connectivity index (χ2n) is 5.67. The van der Waals surface area contributed by atoms with Crippen LogP contribution in [0.2, 0.25) is 0 Å². The molecule has 4 aromatic rings. The van der Waals surface area contributed by atoms with E-state index >= 15 is 0 Å². The Morgan fingerprint density at radius 3 is 2.88 bits per heavy atom. The molecule has 0 saturated carbocycles. The van der Waals surface area contributed by atoms with Gasteiger partial charge in [0.2, 0.25) is 0 Å². The molecule has 25 heavy (non-hydrogen) atoms. The lowest BCUT2D eigenvalue weighted by atomic mass is 10.1. The van der Waals surface area contributed by atoms with E-state index in [9.17, 15) is 4.79 Å². The largest absolute Gasteiger partial charge is 0.321 e. The summed E-state index contributed by atoms with van der Waals surface area (Å²) in [4.78, 5) is 24.8. The molecule has 4 rings (SSSR count). The maximum atomic E-state index is 12.2. The molecular weight excluding hydrogens is 314 g/mol. The van der Waals surface area contributed by atoms with Gasteiger partial charge in [-0.25, -0.2) is 9.97 Å². The number of aromatic nitrogens is 4. The molecule has 6 nitrogen and oxygen atoms in total. The highest BCUT2D eigenvalue weighted by Gasteiger charge is 2.10. The number of nitrogens with zero attached hydrogens (tertiary/aromatic N) is 4. The molecule has 0 aliphatic carbocycles. The van der Waals surface area contributed by atoms with E-state index in [1.807, 2.05) is 60.1 Å². The van der Waals surface area contributed by atoms with Gasteiger partial charge in [0.15, 0.2) is 0 Å². The number of carbonyl (C=O) groups is 1. The van der Waals surface area contributed by atoms with Gasteiger partial charge < -0.3 is 9.72 Å². The smallest absolute Gasteiger partial charge is 0.275 e. The summed E-state index contributed by atoms with van der Waals surface area (Å²) in [6.45, 7) is 2.03. The molecule has 0 spiro atoms. The fourth-order valence-corrected chi connectivity index (χ4v) is 2.66. The molecule has 0 saturated heterocycles. The maximum absolute atomic E-state index is 12.2. The SMILES string of the molecule is Cc1cccn2cc(-c3cccc(NC(=O)c4cnccn4)c3)nc12. The first-order valence-corrected chi connectivity index (χ1v) is 7.83. The summed E-state index contributed by atoms with van der Waals surface area (Å²) in [7, 11) is 0. The molecule has 1 amide bonds. The van der Waals surface area contributed by atoms with Crippen LogP contribution in [-0.4, -0.2) is 25.3 Å². The lowest BCUT2D eigenvalue weighted by molar-refractivity contribution is 0.102. The number of fused-ring (bicyclic) bond motifs is 1. The third-order valence-electron chi connectivity index (χ3n) is 3.89. The Morgan fingerprint density at radius 1 is 1.16 bits per heavy atom. The summed E-state index contributed by atoms with van der Waals surface area (Å²) in [5.41, 5.74) is 4.77. The van der Waals surface area contributed by atoms with Crippen molar-refractivity contribution in [2.45, 2.75) is 6.92 Å². The van der Waals surface area contributed by atoms with Crippen molar-refractivity contribution in [1.82, 2.24) is 19.4 Å². The Hall–Kier alpha value is -3.54. The van der Waals surface area contributed by atoms with Crippen molar-refractivity contribution < 1.29 is 4.79 Å². The maximum Gasteiger partial charge on any atom is 0.275 e. The summed E-state index contributed by atoms with van der Waals surface area (Å²) < 4.78 is 2.00. The van der Waals surface area contributed by atoms with Crippen LogP contribution in [0, 0.1) is 6.92 Å². The molecule has 122 valence electrons. The molecular formula is C19H15N5O. The minimum absolute atomic E-state index is 0.274. The zero-order valence-corrected chi connectivity index (χ0v) is 13.5. The predicted octanol–water partition coefficient (Wildman–Crippen LogP) is 3.35. The number of rotatable bonds is 3. The summed E-state index contributed by atoms with van der Waals surface area (Å²) >= 11 is 0. The van der Waals surface area contributed by atoms with Crippen LogP contribution in [0.5, 0.6) is 0 Å². The highest BCUT2D eigenvalue weighted by Crippen LogP contribution is 2.23. The van der Waals surface area contributed by atoms with Crippen molar-refractivity contribution in [1.29, 1.82) is 0 Å². The molecule has 1 aromatic carbocycles. The van der Waals surface area contributed by atoms with Crippen LogP contribution in [0.1, 0.15) is 16.1 Å². The number of imidazole rings is 1. The number of nitrogens with one attached hydrogen (secondary N) is 1. The monoisotopic (exact) mass is 329 g/mol. The standard InChI is InChI=1S/C19H15N5O/c1-13-4-3-9-24-12-17(23-18(13)24)14-5-2-6-15(10-14)22-19(25)16-11-20-7-8-21-16/h2-12H,1H3,(H,22,25). The van der Waals surface area contributed by atoms with Crippen LogP contribution in [0.15, 0.2) is 67.4 Å². The molecule has 0 fully saturated rings. The number of anilines is 1. The van der Waals surface area contributed by atoms with E-state index in [1.165, 1.54) is 18.6 Å². The summed E-state index contributed by atoms with van der Waals surface area (Å²) in [5, 5.41) is 2.84. The Labute approximate surface area is 144 Å². The van der Waals surface area contributed by atoms with E-state index in [-0.39, 0.29) is 11.6 Å². The minimum Gasteiger partial charge on any atom is -0.321 e. The molecule has 0 bridgehead atoms. The van der Waals surface area contributed by atoms with Crippen molar-refractivity contribution in [3.8, 4) is 11.3 Å². The first-order chi connectivity index (χ1) is 12.2. The van der Waals surface area contributed by atoms with E-state index in [4.69, 9.17) is 0 Å². The number of hydrogen-bond donors (Lipinski definition) is 1. The fraction of sp³-hybridized carbons (Fsp3) is 0.0526. The number of amides is 1. The van der Waals surface area contributed by atoms with Crippen LogP contribution in [-0.2, 0) is 0 Å². The Balaban J connectivity index is 1.64. The molecule has 0 aliphatic heterocycles. The predicted molar refractivity (Wildman–Crippen MR) is 95.4 cm³/mol. The number of carbonyl (C=O) groups excluding carboxylic acids is 1. The summed E-state index contributed by atoms with van der Waals surface area (Å²) in [6.07, 6.45) is 8.40. The molecule has 0 radical (unpaired) electrons. The van der Waals surface area contributed by atoms with Crippen LogP contribution in [0.25, 0.3) is 16.9 Å². The summed E-state index contributed by atoms with van der Waals surface area (Å²) in [6, 6.07) is 11.6. The second-order valence-corrected chi connectivity index (χ2v) is 5.67. The average molecular weight is 329 g/mol. The van der Waals surface area contributed by atoms with Gasteiger partial charge in [-0.1, -0.05) is 18.2 Å². The summed E-state index contributed by atoms with van der Waals surface area (Å²) in [5.74, 6) is -0.295. The van der Waals surface area contributed by atoms with Gasteiger partial charge in [0.1, 0.15) is 11.3 Å². The average Bonchev–Trinajstić information content (AvgIpc) is 3.08. The Kier molecular flexibility index (Phi) is 3.70. The minimum atomic E-state index is -0.295. The number of hydrogen-bond acceptors (Lipinski definition) is 4. The first-order valence-electron chi connectivity index (χ1n) is 7.83. The third kappa shape index (κ3) is 2.97. The van der Waals surface area contributed by atoms with E-state index < -0.39 is 0 Å². The molecule has 6 heteroatoms. The highest BCUT2D eigenvalue weighted by molar-refractivity contribution is 6.02. The molecule has 0 aliphatic rings. The van der Waals surface area contributed by atoms with Crippen molar-refractivity contribution in [2.75, 3.05) is 5.32 Å². The molecule has 0 atom stereocenters. The van der Waals surface area contributed by atoms with E-state index in [1.54, 1.807) is 0 Å². The van der Waals surface area contributed by atoms with E-state index in [0.717, 1.165) is 22.5 Å². The second kappa shape index (κ2) is 6.16. The zero-order chi connectivity index (χ0) is 17.2. The topological polar surface area (TPSA) is 72.2 Å². The van der Waals surface area contributed by atoms with Crippen molar-refractivity contribution in [3.05, 3.63) is 78.6 Å². The number of aryl methyl sites for hydroxylation is 1. The van der Waals surface area contributed by atoms with Gasteiger partial charge in [-0.05, 0) is 30.7 Å². The third-order valence-corrected chi connectivity index (χ3v) is 3.89. The lowest BCUT2D eigenvalue weighted by Crippen LogP contribution is -2.13. The van der Waals surface area contributed by atoms with Crippen LogP contribution >= 0.6 is 0 Å². The van der Waals surface area contributed by atoms with Crippen molar-refractivity contribution >= 4 is 17.2 Å². The van der Waals surface area contributed by atoms with Gasteiger partial charge in [-0.3, -0.25) is 9.78 Å². The number of pyridine rings is 1. The zero-order valence-electron chi connectivity index (χ0n) is 13.5. The molecule has 3 aromatic heterocycles. The van der Waals surface area contributed by atoms with Crippen LogP contribution < -0.4 is 5.32 Å². The lowest BCUT2D eigenvalue weighted by Gasteiger charge is -2.05. The molecule has 0 unspecified atom stereocenters. The molecule has 1 N–H and O–H groups in total. The van der Waals surface area contributed by atoms with E-state index in [2.05, 4.69) is 20.3 Å². The van der Waals surface area contributed by atoms with Gasteiger partial charge in [0.25, 0.3) is 5.91 Å². The van der Waals surface area contributed by atoms with Gasteiger partial charge in [-0.15, -0.1) is 0 Å². The molecule has 3 heterocycles. The van der Waals surface area contributed by atoms with Gasteiger partial charge in [0, 0.05) is 36.0 Å². The quantitative estimate of drug-likeness (QED) is 0.625.